The molecule has 23 nitrogen and oxygen atoms in total. The van der Waals surface area contributed by atoms with E-state index in [1.54, 1.807) is 19.1 Å². The number of hydrogen-bond donors (Lipinski definition) is 10. The molecule has 6 rings (SSSR count). The zero-order valence-electron chi connectivity index (χ0n) is 27.4. The molecule has 1 aromatic carbocycles. The number of nitrogens with one attached hydrogen (secondary N) is 2. The second kappa shape index (κ2) is 15.2. The average molecular weight is 803 g/mol. The first-order valence-electron chi connectivity index (χ1n) is 15.5. The second-order valence-corrected chi connectivity index (χ2v) is 15.4. The van der Waals surface area contributed by atoms with Crippen LogP contribution in [0.2, 0.25) is 0 Å². The lowest BCUT2D eigenvalue weighted by Gasteiger charge is -2.24. The molecule has 1 aliphatic rings. The number of aromatic nitrogens is 8. The van der Waals surface area contributed by atoms with Gasteiger partial charge in [0.05, 0.1) is 25.6 Å². The fourth-order valence-electron chi connectivity index (χ4n) is 5.68. The molecule has 4 aromatic heterocycles. The van der Waals surface area contributed by atoms with E-state index < -0.39 is 83.4 Å². The number of rotatable bonds is 14. The maximum atomic E-state index is 12.6. The normalized spacial score (nSPS) is 21.8. The van der Waals surface area contributed by atoms with Crippen LogP contribution < -0.4 is 21.5 Å². The number of nitrogens with zero attached hydrogens (tertiary/aromatic N) is 6. The summed E-state index contributed by atoms with van der Waals surface area (Å²) >= 11 is 4.31. The van der Waals surface area contributed by atoms with Gasteiger partial charge in [-0.05, 0) is 30.2 Å². The molecule has 0 radical (unpaired) electrons. The van der Waals surface area contributed by atoms with E-state index in [1.807, 2.05) is 0 Å². The minimum Gasteiger partial charge on any atom is -0.390 e. The third kappa shape index (κ3) is 8.34. The minimum atomic E-state index is -5.49. The maximum Gasteiger partial charge on any atom is 0.481 e. The molecule has 26 heteroatoms. The Balaban J connectivity index is 1.07. The summed E-state index contributed by atoms with van der Waals surface area (Å²) in [7, 11) is -10.9. The Hall–Kier alpha value is -3.74. The Bertz CT molecular complexity index is 2400. The number of anilines is 1. The first kappa shape index (κ1) is 39.0. The lowest BCUT2D eigenvalue weighted by Crippen LogP contribution is -2.51. The SMILES string of the molecule is Cc1cc2nc3c(=O)[nH]c(=O)[nH]c3[n+](C[C@H](O)[C@H](O)[C@H](O)COP(=O)(O)OP(=O)(O)OC[C@H]3O[C@@H](n4cnc5c(N)ncnc54)C[C@@H]3O)c2cc1CS. The number of aliphatic hydroxyl groups excluding tert-OH is 4. The van der Waals surface area contributed by atoms with Gasteiger partial charge in [-0.1, -0.05) is 0 Å². The van der Waals surface area contributed by atoms with Crippen molar-refractivity contribution >= 4 is 67.5 Å². The van der Waals surface area contributed by atoms with Gasteiger partial charge in [-0.15, -0.1) is 0 Å². The molecular formula is C27H34N9O14P2S+. The largest absolute Gasteiger partial charge is 0.481 e. The Morgan fingerprint density at radius 3 is 2.57 bits per heavy atom. The van der Waals surface area contributed by atoms with E-state index in [-0.39, 0.29) is 28.9 Å². The second-order valence-electron chi connectivity index (χ2n) is 12.0. The molecular weight excluding hydrogens is 768 g/mol. The van der Waals surface area contributed by atoms with E-state index in [1.165, 1.54) is 21.8 Å². The fraction of sp³-hybridized carbons (Fsp3) is 0.444. The third-order valence-electron chi connectivity index (χ3n) is 8.37. The molecule has 10 N–H and O–H groups in total. The summed E-state index contributed by atoms with van der Waals surface area (Å²) in [5.41, 5.74) is 6.49. The van der Waals surface area contributed by atoms with E-state index in [0.29, 0.717) is 22.4 Å². The van der Waals surface area contributed by atoms with Gasteiger partial charge < -0.3 is 40.7 Å². The maximum absolute atomic E-state index is 12.6. The van der Waals surface area contributed by atoms with E-state index in [9.17, 15) is 48.9 Å². The van der Waals surface area contributed by atoms with Crippen LogP contribution in [0, 0.1) is 6.92 Å². The Morgan fingerprint density at radius 1 is 1.09 bits per heavy atom. The van der Waals surface area contributed by atoms with E-state index in [4.69, 9.17) is 15.0 Å². The lowest BCUT2D eigenvalue weighted by molar-refractivity contribution is -0.657. The van der Waals surface area contributed by atoms with Crippen molar-refractivity contribution in [2.24, 2.45) is 0 Å². The molecule has 0 spiro atoms. The molecule has 1 aliphatic heterocycles. The van der Waals surface area contributed by atoms with Crippen molar-refractivity contribution in [1.82, 2.24) is 34.5 Å². The van der Waals surface area contributed by atoms with Crippen molar-refractivity contribution in [2.45, 2.75) is 62.4 Å². The molecule has 1 fully saturated rings. The molecule has 0 bridgehead atoms. The number of aryl methyl sites for hydroxylation is 1. The van der Waals surface area contributed by atoms with E-state index >= 15 is 0 Å². The number of thiol groups is 1. The van der Waals surface area contributed by atoms with Crippen molar-refractivity contribution in [3.05, 3.63) is 56.8 Å². The zero-order chi connectivity index (χ0) is 38.4. The van der Waals surface area contributed by atoms with E-state index in [2.05, 4.69) is 51.4 Å². The van der Waals surface area contributed by atoms with Crippen LogP contribution >= 0.6 is 28.3 Å². The smallest absolute Gasteiger partial charge is 0.390 e. The summed E-state index contributed by atoms with van der Waals surface area (Å²) in [5, 5.41) is 42.6. The number of aromatic amines is 2. The standard InChI is InChI=1S/C27H33N9O14P2S/c1-11-2-13-14(3-12(11)8-53)35(25-21(32-13)26(41)34-27(42)33-25)5-16(38)22(40)17(39)6-47-51(43,44)50-52(45,46)48-7-18-15(37)4-19(49-18)36-10-31-20-23(28)29-9-30-24(20)36/h2-3,9-10,15-19,22,37-40H,4-8H2,1H3,(H6,28,29,30,34,41,42,43,44,45,46,53)/p+1/t15-,16-,17+,18+,19+,22-/m0/s1. The molecule has 2 unspecified atom stereocenters. The molecule has 53 heavy (non-hydrogen) atoms. The van der Waals surface area contributed by atoms with Crippen LogP contribution in [0.4, 0.5) is 5.82 Å². The van der Waals surface area contributed by atoms with Gasteiger partial charge in [0.15, 0.2) is 17.0 Å². The highest BCUT2D eigenvalue weighted by atomic mass is 32.1. The van der Waals surface area contributed by atoms with Gasteiger partial charge in [0.1, 0.15) is 54.5 Å². The number of imidazole rings is 1. The molecule has 286 valence electrons. The number of phosphoric acid groups is 2. The van der Waals surface area contributed by atoms with Crippen molar-refractivity contribution < 1.29 is 62.0 Å². The minimum absolute atomic E-state index is 0.0215. The monoisotopic (exact) mass is 802 g/mol. The van der Waals surface area contributed by atoms with Crippen LogP contribution in [-0.2, 0) is 39.5 Å². The number of fused-ring (bicyclic) bond motifs is 3. The third-order valence-corrected chi connectivity index (χ3v) is 11.3. The van der Waals surface area contributed by atoms with Crippen LogP contribution in [-0.4, -0.2) is 108 Å². The molecule has 1 saturated heterocycles. The number of nitrogen functional groups attached to an aromatic ring is 1. The van der Waals surface area contributed by atoms with Crippen LogP contribution in [0.5, 0.6) is 0 Å². The number of benzene rings is 1. The Kier molecular flexibility index (Phi) is 11.2. The predicted octanol–water partition coefficient (Wildman–Crippen LogP) is -1.81. The number of phosphoric ester groups is 2. The van der Waals surface area contributed by atoms with Crippen LogP contribution in [0.15, 0.2) is 34.4 Å². The fourth-order valence-corrected chi connectivity index (χ4v) is 8.12. The molecule has 0 saturated carbocycles. The van der Waals surface area contributed by atoms with Gasteiger partial charge in [0, 0.05) is 12.2 Å². The molecule has 0 aliphatic carbocycles. The highest BCUT2D eigenvalue weighted by Crippen LogP contribution is 2.60. The van der Waals surface area contributed by atoms with Crippen molar-refractivity contribution in [3.8, 4) is 0 Å². The zero-order valence-corrected chi connectivity index (χ0v) is 30.0. The Morgan fingerprint density at radius 2 is 1.83 bits per heavy atom. The van der Waals surface area contributed by atoms with Crippen molar-refractivity contribution in [3.63, 3.8) is 0 Å². The lowest BCUT2D eigenvalue weighted by atomic mass is 10.1. The summed E-state index contributed by atoms with van der Waals surface area (Å²) < 4.78 is 47.2. The number of H-pyrrole nitrogens is 2. The van der Waals surface area contributed by atoms with Crippen molar-refractivity contribution in [2.75, 3.05) is 18.9 Å². The summed E-state index contributed by atoms with van der Waals surface area (Å²) in [5.74, 6) is 0.413. The molecule has 8 atom stereocenters. The van der Waals surface area contributed by atoms with Crippen LogP contribution in [0.25, 0.3) is 33.4 Å². The first-order valence-corrected chi connectivity index (χ1v) is 19.2. The number of nitrogens with two attached hydrogens (primary N) is 1. The quantitative estimate of drug-likeness (QED) is 0.0256. The van der Waals surface area contributed by atoms with Gasteiger partial charge in [-0.3, -0.25) is 23.4 Å². The van der Waals surface area contributed by atoms with Gasteiger partial charge in [0.2, 0.25) is 5.52 Å². The average Bonchev–Trinajstić information content (AvgIpc) is 3.69. The van der Waals surface area contributed by atoms with Gasteiger partial charge in [-0.25, -0.2) is 38.4 Å². The van der Waals surface area contributed by atoms with Gasteiger partial charge in [-0.2, -0.15) is 21.9 Å². The molecule has 0 amide bonds. The van der Waals surface area contributed by atoms with Crippen LogP contribution in [0.3, 0.4) is 0 Å². The highest BCUT2D eigenvalue weighted by Gasteiger charge is 2.41. The van der Waals surface area contributed by atoms with Crippen LogP contribution in [0.1, 0.15) is 23.8 Å². The molecule has 5 heterocycles. The summed E-state index contributed by atoms with van der Waals surface area (Å²) in [6.45, 7) is -0.747. The number of aliphatic hydroxyl groups is 4. The van der Waals surface area contributed by atoms with Gasteiger partial charge >= 0.3 is 27.0 Å². The first-order chi connectivity index (χ1) is 25.0. The topological polar surface area (TPSA) is 345 Å². The number of hydrogen-bond acceptors (Lipinski definition) is 18. The summed E-state index contributed by atoms with van der Waals surface area (Å²) in [6, 6.07) is 3.31. The summed E-state index contributed by atoms with van der Waals surface area (Å²) in [4.78, 5) is 65.8. The van der Waals surface area contributed by atoms with Crippen molar-refractivity contribution in [1.29, 1.82) is 0 Å². The summed E-state index contributed by atoms with van der Waals surface area (Å²) in [6.07, 6.45) is -6.80. The molecule has 5 aromatic rings. The highest BCUT2D eigenvalue weighted by molar-refractivity contribution is 7.79. The predicted molar refractivity (Wildman–Crippen MR) is 183 cm³/mol. The van der Waals surface area contributed by atoms with Gasteiger partial charge in [0.25, 0.3) is 5.56 Å². The van der Waals surface area contributed by atoms with E-state index in [0.717, 1.165) is 11.1 Å². The Labute approximate surface area is 301 Å². The number of ether oxygens (including phenoxy) is 1.